The zero-order chi connectivity index (χ0) is 87.9. The van der Waals surface area contributed by atoms with Crippen molar-refractivity contribution in [1.82, 2.24) is 32.4 Å². The molecule has 0 fully saturated rings. The molecule has 0 saturated heterocycles. The Labute approximate surface area is 767 Å². The van der Waals surface area contributed by atoms with Crippen molar-refractivity contribution in [3.63, 3.8) is 0 Å². The fraction of sp³-hybridized carbons (Fsp3) is 0.0714. The summed E-state index contributed by atoms with van der Waals surface area (Å²) in [7, 11) is 0. The van der Waals surface area contributed by atoms with Crippen molar-refractivity contribution in [2.75, 3.05) is 0 Å². The van der Waals surface area contributed by atoms with E-state index in [0.717, 1.165) is 88.9 Å². The van der Waals surface area contributed by atoms with Crippen LogP contribution in [-0.4, -0.2) is 32.4 Å². The Bertz CT molecular complexity index is 9710. The number of benzene rings is 19. The minimum absolute atomic E-state index is 0.125. The highest BCUT2D eigenvalue weighted by Crippen LogP contribution is 2.55. The van der Waals surface area contributed by atoms with Crippen molar-refractivity contribution in [3.05, 3.63) is 440 Å². The van der Waals surface area contributed by atoms with E-state index in [1.54, 1.807) is 0 Å². The molecule has 3 aliphatic rings. The fourth-order valence-electron chi connectivity index (χ4n) is 24.7. The van der Waals surface area contributed by atoms with E-state index in [1.807, 2.05) is 6.20 Å². The summed E-state index contributed by atoms with van der Waals surface area (Å²) >= 11 is 0. The molecular weight excluding hydrogens is 1610 g/mol. The maximum atomic E-state index is 5.48. The third-order valence-corrected chi connectivity index (χ3v) is 31.0. The van der Waals surface area contributed by atoms with Crippen molar-refractivity contribution in [2.45, 2.75) is 57.8 Å². The van der Waals surface area contributed by atoms with Crippen LogP contribution in [0.1, 0.15) is 74.9 Å². The van der Waals surface area contributed by atoms with Crippen LogP contribution in [0.15, 0.2) is 407 Å². The topological polar surface area (TPSA) is 42.5 Å². The van der Waals surface area contributed by atoms with E-state index >= 15 is 0 Å². The lowest BCUT2D eigenvalue weighted by Gasteiger charge is -2.22. The van der Waals surface area contributed by atoms with Crippen molar-refractivity contribution < 1.29 is 0 Å². The predicted octanol–water partition coefficient (Wildman–Crippen LogP) is 32.7. The normalized spacial score (nSPS) is 14.0. The van der Waals surface area contributed by atoms with Gasteiger partial charge in [0.2, 0.25) is 0 Å². The molecule has 7 nitrogen and oxygen atoms in total. The Morgan fingerprint density at radius 2 is 0.398 bits per heavy atom. The van der Waals surface area contributed by atoms with Gasteiger partial charge < -0.3 is 27.4 Å². The van der Waals surface area contributed by atoms with E-state index in [-0.39, 0.29) is 16.2 Å². The van der Waals surface area contributed by atoms with Gasteiger partial charge >= 0.3 is 0 Å². The quantitative estimate of drug-likeness (QED) is 0.142. The van der Waals surface area contributed by atoms with Gasteiger partial charge in [-0.3, -0.25) is 4.98 Å². The molecule has 0 amide bonds. The maximum absolute atomic E-state index is 5.48. The smallest absolute Gasteiger partial charge is 0.0745 e. The molecule has 0 spiro atoms. The standard InChI is InChI=1S/C126H85N7/c1-124(2)102-34-16-7-25-83(102)86-52-49-80(69-105(86)124)128-109-37-19-10-28-89(109)95-63-74(43-55-115(95)128)77-46-58-118-98(66-77)92-31-13-22-40-112(92)131(118)121-61-62-127-108-73-123(133-114-42-24-15-33-94(114)100-68-79(48-60-120(100)133)76-45-57-117-97(65-76)91-30-12-21-39-111(91)130(117)82-51-54-88-85-27-9-18-36-104(85)126(5,6)107(88)71-82)122(72-101(108)121)132-113-41-23-14-32-93(113)99-67-78(47-59-119(99)132)75-44-56-116-96(64-75)90-29-11-20-38-110(90)129(116)81-50-53-87-84-26-8-17-35-103(84)125(3,4)106(87)70-81/h7-73H,1-6H3. The average Bonchev–Trinajstić information content (AvgIpc) is 1.56. The molecule has 0 atom stereocenters. The van der Waals surface area contributed by atoms with Crippen LogP contribution < -0.4 is 0 Å². The second-order valence-corrected chi connectivity index (χ2v) is 38.9. The number of aromatic nitrogens is 7. The third-order valence-electron chi connectivity index (χ3n) is 31.0. The van der Waals surface area contributed by atoms with Crippen LogP contribution in [0.25, 0.3) is 243 Å². The van der Waals surface area contributed by atoms with Crippen molar-refractivity contribution in [1.29, 1.82) is 0 Å². The molecule has 0 bridgehead atoms. The van der Waals surface area contributed by atoms with Gasteiger partial charge in [0.1, 0.15) is 0 Å². The molecule has 26 aromatic rings. The number of hydrogen-bond acceptors (Lipinski definition) is 1. The second-order valence-electron chi connectivity index (χ2n) is 38.9. The molecular formula is C126H85N7. The first kappa shape index (κ1) is 74.3. The zero-order valence-corrected chi connectivity index (χ0v) is 74.3. The van der Waals surface area contributed by atoms with Gasteiger partial charge in [-0.1, -0.05) is 278 Å². The molecule has 0 unspecified atom stereocenters. The van der Waals surface area contributed by atoms with Gasteiger partial charge in [0.15, 0.2) is 0 Å². The number of nitrogens with zero attached hydrogens (tertiary/aromatic N) is 7. The van der Waals surface area contributed by atoms with Gasteiger partial charge in [-0.25, -0.2) is 0 Å². The Balaban J connectivity index is 0.603. The molecule has 3 aliphatic carbocycles. The highest BCUT2D eigenvalue weighted by molar-refractivity contribution is 6.19. The Hall–Kier alpha value is -16.6. The third kappa shape index (κ3) is 10.2. The summed E-state index contributed by atoms with van der Waals surface area (Å²) in [4.78, 5) is 5.48. The van der Waals surface area contributed by atoms with Crippen LogP contribution in [-0.2, 0) is 16.2 Å². The Morgan fingerprint density at radius 1 is 0.165 bits per heavy atom. The second kappa shape index (κ2) is 26.8. The van der Waals surface area contributed by atoms with Gasteiger partial charge in [-0.15, -0.1) is 0 Å². The number of para-hydroxylation sites is 6. The summed E-state index contributed by atoms with van der Waals surface area (Å²) < 4.78 is 15.0. The highest BCUT2D eigenvalue weighted by Gasteiger charge is 2.40. The Morgan fingerprint density at radius 3 is 0.699 bits per heavy atom. The molecule has 0 radical (unpaired) electrons. The van der Waals surface area contributed by atoms with E-state index in [4.69, 9.17) is 4.98 Å². The van der Waals surface area contributed by atoms with E-state index in [2.05, 4.69) is 469 Å². The Kier molecular flexibility index (Phi) is 15.0. The molecule has 0 saturated carbocycles. The van der Waals surface area contributed by atoms with Crippen LogP contribution in [0, 0.1) is 0 Å². The number of fused-ring (bicyclic) bond motifs is 28. The zero-order valence-electron chi connectivity index (χ0n) is 74.3. The molecule has 0 N–H and O–H groups in total. The number of rotatable bonds is 9. The lowest BCUT2D eigenvalue weighted by atomic mass is 9.82. The van der Waals surface area contributed by atoms with Crippen LogP contribution in [0.3, 0.4) is 0 Å². The van der Waals surface area contributed by atoms with Crippen LogP contribution >= 0.6 is 0 Å². The van der Waals surface area contributed by atoms with Crippen LogP contribution in [0.5, 0.6) is 0 Å². The largest absolute Gasteiger partial charge is 0.309 e. The predicted molar refractivity (Wildman–Crippen MR) is 557 cm³/mol. The molecule has 7 heterocycles. The van der Waals surface area contributed by atoms with Gasteiger partial charge in [-0.2, -0.15) is 0 Å². The van der Waals surface area contributed by atoms with E-state index < -0.39 is 0 Å². The molecule has 0 aliphatic heterocycles. The minimum Gasteiger partial charge on any atom is -0.309 e. The van der Waals surface area contributed by atoms with E-state index in [9.17, 15) is 0 Å². The monoisotopic (exact) mass is 1700 g/mol. The lowest BCUT2D eigenvalue weighted by Crippen LogP contribution is -2.15. The highest BCUT2D eigenvalue weighted by atomic mass is 15.1. The lowest BCUT2D eigenvalue weighted by molar-refractivity contribution is 0.660. The molecule has 624 valence electrons. The summed E-state index contributed by atoms with van der Waals surface area (Å²) in [6, 6.07) is 152. The van der Waals surface area contributed by atoms with Crippen LogP contribution in [0.4, 0.5) is 0 Å². The van der Waals surface area contributed by atoms with Gasteiger partial charge in [0, 0.05) is 110 Å². The average molecular weight is 1700 g/mol. The fourth-order valence-corrected chi connectivity index (χ4v) is 24.7. The number of hydrogen-bond donors (Lipinski definition) is 0. The minimum atomic E-state index is -0.134. The summed E-state index contributed by atoms with van der Waals surface area (Å²) in [5.74, 6) is 0. The number of pyridine rings is 1. The van der Waals surface area contributed by atoms with Gasteiger partial charge in [0.05, 0.1) is 88.8 Å². The summed E-state index contributed by atoms with van der Waals surface area (Å²) in [5, 5.41) is 15.4. The van der Waals surface area contributed by atoms with E-state index in [0.29, 0.717) is 0 Å². The first-order valence-electron chi connectivity index (χ1n) is 46.6. The molecule has 7 heteroatoms. The van der Waals surface area contributed by atoms with Crippen molar-refractivity contribution in [3.8, 4) is 101 Å². The van der Waals surface area contributed by atoms with Gasteiger partial charge in [0.25, 0.3) is 0 Å². The van der Waals surface area contributed by atoms with Crippen molar-refractivity contribution in [2.24, 2.45) is 0 Å². The summed E-state index contributed by atoms with van der Waals surface area (Å²) in [6.45, 7) is 14.2. The SMILES string of the molecule is CC1(C)c2ccccc2-c2ccc(-n3c4ccccc4c4cc(-c5ccc6c(c5)c5ccccc5n6-c5cc6nccc(-n7c8ccccc8c8cc(-c9ccc%10c(c9)c9ccccc9n%10-c9ccc%10c(c9)C(C)(C)c9ccccc9-%10)ccc87)c6cc5-n5c6ccccc6c6cc(-c7ccc8c(c7)c7ccccc7n8-c7ccc8c(c7)C(C)(C)c7ccccc7-8)ccc65)ccc43)cc21. The summed E-state index contributed by atoms with van der Waals surface area (Å²) in [6.07, 6.45) is 2.02. The van der Waals surface area contributed by atoms with Crippen molar-refractivity contribution >= 4 is 142 Å². The van der Waals surface area contributed by atoms with Gasteiger partial charge in [-0.05, 0) is 264 Å². The first-order valence-corrected chi connectivity index (χ1v) is 46.6. The summed E-state index contributed by atoms with van der Waals surface area (Å²) in [5.41, 5.74) is 44.0. The van der Waals surface area contributed by atoms with Crippen LogP contribution in [0.2, 0.25) is 0 Å². The maximum Gasteiger partial charge on any atom is 0.0745 e. The molecule has 19 aromatic carbocycles. The molecule has 133 heavy (non-hydrogen) atoms. The molecule has 29 rings (SSSR count). The molecule has 7 aromatic heterocycles. The first-order chi connectivity index (χ1) is 65.2. The van der Waals surface area contributed by atoms with E-state index in [1.165, 1.54) is 187 Å².